The third kappa shape index (κ3) is 3.33. The Bertz CT molecular complexity index is 643. The van der Waals surface area contributed by atoms with Gasteiger partial charge in [0.2, 0.25) is 0 Å². The van der Waals surface area contributed by atoms with Gasteiger partial charge in [-0.1, -0.05) is 17.7 Å². The number of hydrogen-bond acceptors (Lipinski definition) is 2. The summed E-state index contributed by atoms with van der Waals surface area (Å²) in [6.45, 7) is 3.98. The Balaban J connectivity index is 2.25. The van der Waals surface area contributed by atoms with E-state index in [1.165, 1.54) is 0 Å². The molecular formula is C14H12BrClN2O. The third-order valence-corrected chi connectivity index (χ3v) is 3.56. The van der Waals surface area contributed by atoms with E-state index in [0.29, 0.717) is 11.3 Å². The van der Waals surface area contributed by atoms with Crippen molar-refractivity contribution in [3.05, 3.63) is 56.8 Å². The standard InChI is InChI=1S/C14H12BrClN2O/c1-8-3-4-10(5-9(8)2)14(19)18-12-6-11(15)7-17-13(12)16/h3-7H,1-2H3,(H,18,19). The lowest BCUT2D eigenvalue weighted by molar-refractivity contribution is 0.102. The maximum Gasteiger partial charge on any atom is 0.255 e. The number of pyridine rings is 1. The van der Waals surface area contributed by atoms with Crippen molar-refractivity contribution in [1.82, 2.24) is 4.98 Å². The van der Waals surface area contributed by atoms with E-state index in [0.717, 1.165) is 15.6 Å². The van der Waals surface area contributed by atoms with Crippen LogP contribution in [-0.4, -0.2) is 10.9 Å². The van der Waals surface area contributed by atoms with E-state index in [4.69, 9.17) is 11.6 Å². The van der Waals surface area contributed by atoms with Gasteiger partial charge in [-0.25, -0.2) is 4.98 Å². The number of anilines is 1. The third-order valence-electron chi connectivity index (χ3n) is 2.82. The van der Waals surface area contributed by atoms with Gasteiger partial charge in [0, 0.05) is 16.2 Å². The summed E-state index contributed by atoms with van der Waals surface area (Å²) in [5, 5.41) is 3.01. The number of carbonyl (C=O) groups excluding carboxylic acids is 1. The number of nitrogens with one attached hydrogen (secondary N) is 1. The molecule has 3 nitrogen and oxygen atoms in total. The Morgan fingerprint density at radius 1 is 1.26 bits per heavy atom. The summed E-state index contributed by atoms with van der Waals surface area (Å²) in [6, 6.07) is 7.28. The van der Waals surface area contributed by atoms with Crippen LogP contribution in [0, 0.1) is 13.8 Å². The summed E-state index contributed by atoms with van der Waals surface area (Å²) in [4.78, 5) is 16.1. The van der Waals surface area contributed by atoms with Crippen molar-refractivity contribution in [2.24, 2.45) is 0 Å². The molecule has 0 spiro atoms. The Morgan fingerprint density at radius 3 is 2.68 bits per heavy atom. The number of hydrogen-bond donors (Lipinski definition) is 1. The van der Waals surface area contributed by atoms with Crippen LogP contribution in [0.5, 0.6) is 0 Å². The molecule has 5 heteroatoms. The fourth-order valence-corrected chi connectivity index (χ4v) is 2.07. The molecular weight excluding hydrogens is 328 g/mol. The average Bonchev–Trinajstić information content (AvgIpc) is 2.37. The van der Waals surface area contributed by atoms with Gasteiger partial charge < -0.3 is 5.32 Å². The SMILES string of the molecule is Cc1ccc(C(=O)Nc2cc(Br)cnc2Cl)cc1C. The van der Waals surface area contributed by atoms with Gasteiger partial charge in [-0.05, 0) is 59.1 Å². The minimum Gasteiger partial charge on any atom is -0.319 e. The van der Waals surface area contributed by atoms with Gasteiger partial charge in [0.05, 0.1) is 5.69 Å². The van der Waals surface area contributed by atoms with E-state index in [1.807, 2.05) is 26.0 Å². The molecule has 0 saturated carbocycles. The molecule has 0 radical (unpaired) electrons. The maximum absolute atomic E-state index is 12.1. The molecule has 0 aliphatic carbocycles. The molecule has 1 aromatic carbocycles. The maximum atomic E-state index is 12.1. The summed E-state index contributed by atoms with van der Waals surface area (Å²) in [7, 11) is 0. The molecule has 2 rings (SSSR count). The van der Waals surface area contributed by atoms with Crippen LogP contribution in [-0.2, 0) is 0 Å². The van der Waals surface area contributed by atoms with E-state index >= 15 is 0 Å². The van der Waals surface area contributed by atoms with E-state index < -0.39 is 0 Å². The molecule has 0 atom stereocenters. The molecule has 1 aromatic heterocycles. The highest BCUT2D eigenvalue weighted by molar-refractivity contribution is 9.10. The van der Waals surface area contributed by atoms with Gasteiger partial charge in [-0.2, -0.15) is 0 Å². The van der Waals surface area contributed by atoms with Gasteiger partial charge in [-0.15, -0.1) is 0 Å². The van der Waals surface area contributed by atoms with Gasteiger partial charge in [0.25, 0.3) is 5.91 Å². The van der Waals surface area contributed by atoms with E-state index in [9.17, 15) is 4.79 Å². The van der Waals surface area contributed by atoms with Crippen LogP contribution >= 0.6 is 27.5 Å². The van der Waals surface area contributed by atoms with Crippen LogP contribution in [0.3, 0.4) is 0 Å². The van der Waals surface area contributed by atoms with Gasteiger partial charge >= 0.3 is 0 Å². The number of aryl methyl sites for hydroxylation is 2. The highest BCUT2D eigenvalue weighted by atomic mass is 79.9. The second kappa shape index (κ2) is 5.72. The Labute approximate surface area is 125 Å². The fraction of sp³-hybridized carbons (Fsp3) is 0.143. The molecule has 19 heavy (non-hydrogen) atoms. The molecule has 98 valence electrons. The Morgan fingerprint density at radius 2 is 2.00 bits per heavy atom. The predicted molar refractivity (Wildman–Crippen MR) is 80.8 cm³/mol. The highest BCUT2D eigenvalue weighted by Gasteiger charge is 2.10. The van der Waals surface area contributed by atoms with Gasteiger partial charge in [0.15, 0.2) is 5.15 Å². The molecule has 0 aliphatic rings. The quantitative estimate of drug-likeness (QED) is 0.826. The van der Waals surface area contributed by atoms with E-state index in [1.54, 1.807) is 18.3 Å². The normalized spacial score (nSPS) is 10.3. The van der Waals surface area contributed by atoms with Gasteiger partial charge in [0.1, 0.15) is 0 Å². The summed E-state index contributed by atoms with van der Waals surface area (Å²) >= 11 is 9.23. The molecule has 1 N–H and O–H groups in total. The first-order valence-corrected chi connectivity index (χ1v) is 6.84. The van der Waals surface area contributed by atoms with Crippen LogP contribution in [0.25, 0.3) is 0 Å². The van der Waals surface area contributed by atoms with Crippen LogP contribution in [0.2, 0.25) is 5.15 Å². The van der Waals surface area contributed by atoms with Crippen molar-refractivity contribution in [2.45, 2.75) is 13.8 Å². The lowest BCUT2D eigenvalue weighted by Gasteiger charge is -2.08. The first kappa shape index (κ1) is 14.0. The van der Waals surface area contributed by atoms with Crippen molar-refractivity contribution in [3.8, 4) is 0 Å². The first-order chi connectivity index (χ1) is 8.97. The number of nitrogens with zero attached hydrogens (tertiary/aromatic N) is 1. The molecule has 0 saturated heterocycles. The first-order valence-electron chi connectivity index (χ1n) is 5.67. The topological polar surface area (TPSA) is 42.0 Å². The molecule has 2 aromatic rings. The van der Waals surface area contributed by atoms with Crippen LogP contribution in [0.15, 0.2) is 34.9 Å². The number of aromatic nitrogens is 1. The van der Waals surface area contributed by atoms with Crippen LogP contribution in [0.4, 0.5) is 5.69 Å². The van der Waals surface area contributed by atoms with E-state index in [2.05, 4.69) is 26.2 Å². The lowest BCUT2D eigenvalue weighted by Crippen LogP contribution is -2.12. The summed E-state index contributed by atoms with van der Waals surface area (Å²) in [5.74, 6) is -0.204. The van der Waals surface area contributed by atoms with Crippen molar-refractivity contribution in [3.63, 3.8) is 0 Å². The summed E-state index contributed by atoms with van der Waals surface area (Å²) in [5.41, 5.74) is 3.31. The predicted octanol–water partition coefficient (Wildman–Crippen LogP) is 4.37. The number of rotatable bonds is 2. The van der Waals surface area contributed by atoms with E-state index in [-0.39, 0.29) is 11.1 Å². The van der Waals surface area contributed by atoms with Crippen LogP contribution in [0.1, 0.15) is 21.5 Å². The molecule has 0 aliphatic heterocycles. The number of carbonyl (C=O) groups is 1. The zero-order valence-electron chi connectivity index (χ0n) is 10.5. The van der Waals surface area contributed by atoms with Crippen molar-refractivity contribution in [2.75, 3.05) is 5.32 Å². The number of benzene rings is 1. The van der Waals surface area contributed by atoms with Crippen molar-refractivity contribution in [1.29, 1.82) is 0 Å². The molecule has 1 heterocycles. The monoisotopic (exact) mass is 338 g/mol. The zero-order valence-corrected chi connectivity index (χ0v) is 12.8. The minimum absolute atomic E-state index is 0.204. The smallest absolute Gasteiger partial charge is 0.255 e. The second-order valence-corrected chi connectivity index (χ2v) is 5.52. The molecule has 0 fully saturated rings. The highest BCUT2D eigenvalue weighted by Crippen LogP contribution is 2.23. The number of amides is 1. The van der Waals surface area contributed by atoms with Gasteiger partial charge in [-0.3, -0.25) is 4.79 Å². The summed E-state index contributed by atoms with van der Waals surface area (Å²) in [6.07, 6.45) is 1.58. The molecule has 0 unspecified atom stereocenters. The van der Waals surface area contributed by atoms with Crippen molar-refractivity contribution < 1.29 is 4.79 Å². The number of halogens is 2. The lowest BCUT2D eigenvalue weighted by atomic mass is 10.1. The second-order valence-electron chi connectivity index (χ2n) is 4.25. The molecule has 1 amide bonds. The Kier molecular flexibility index (Phi) is 4.22. The van der Waals surface area contributed by atoms with Crippen LogP contribution < -0.4 is 5.32 Å². The molecule has 0 bridgehead atoms. The zero-order chi connectivity index (χ0) is 14.0. The fourth-order valence-electron chi connectivity index (χ4n) is 1.59. The average molecular weight is 340 g/mol. The largest absolute Gasteiger partial charge is 0.319 e. The summed E-state index contributed by atoms with van der Waals surface area (Å²) < 4.78 is 0.757. The minimum atomic E-state index is -0.204. The van der Waals surface area contributed by atoms with Crippen molar-refractivity contribution >= 4 is 39.1 Å². The Hall–Kier alpha value is -1.39.